The van der Waals surface area contributed by atoms with E-state index >= 15 is 0 Å². The third-order valence-corrected chi connectivity index (χ3v) is 7.35. The van der Waals surface area contributed by atoms with Crippen molar-refractivity contribution in [1.29, 1.82) is 0 Å². The largest absolute Gasteiger partial charge is 0.486 e. The van der Waals surface area contributed by atoms with Crippen LogP contribution in [-0.4, -0.2) is 35.4 Å². The molecule has 0 aromatic heterocycles. The zero-order valence-electron chi connectivity index (χ0n) is 18.5. The predicted octanol–water partition coefficient (Wildman–Crippen LogP) is 5.23. The van der Waals surface area contributed by atoms with Gasteiger partial charge in [0, 0.05) is 22.7 Å². The predicted molar refractivity (Wildman–Crippen MR) is 130 cm³/mol. The van der Waals surface area contributed by atoms with Gasteiger partial charge in [-0.05, 0) is 48.5 Å². The summed E-state index contributed by atoms with van der Waals surface area (Å²) in [5.41, 5.74) is 0.949. The van der Waals surface area contributed by atoms with E-state index in [9.17, 15) is 19.3 Å². The third kappa shape index (κ3) is 3.73. The average Bonchev–Trinajstić information content (AvgIpc) is 3.29. The van der Waals surface area contributed by atoms with E-state index in [-0.39, 0.29) is 34.8 Å². The first kappa shape index (κ1) is 23.5. The molecule has 0 unspecified atom stereocenters. The van der Waals surface area contributed by atoms with Crippen molar-refractivity contribution in [2.45, 2.75) is 24.1 Å². The fourth-order valence-electron chi connectivity index (χ4n) is 5.25. The lowest BCUT2D eigenvalue weighted by Gasteiger charge is -2.30. The molecule has 180 valence electrons. The number of likely N-dealkylation sites (tertiary alicyclic amines) is 1. The summed E-state index contributed by atoms with van der Waals surface area (Å²) in [6.07, 6.45) is 0. The number of nitrogens with one attached hydrogen (secondary N) is 1. The molecule has 1 saturated heterocycles. The number of benzene rings is 3. The summed E-state index contributed by atoms with van der Waals surface area (Å²) in [4.78, 5) is 27.0. The van der Waals surface area contributed by atoms with Gasteiger partial charge in [-0.3, -0.25) is 19.8 Å². The van der Waals surface area contributed by atoms with Crippen LogP contribution in [0, 0.1) is 15.9 Å². The van der Waals surface area contributed by atoms with Crippen LogP contribution in [0.4, 0.5) is 10.1 Å². The Morgan fingerprint density at radius 3 is 2.49 bits per heavy atom. The second-order valence-corrected chi connectivity index (χ2v) is 9.53. The number of carbonyl (C=O) groups excluding carboxylic acids is 1. The molecule has 2 aliphatic rings. The Morgan fingerprint density at radius 2 is 1.83 bits per heavy atom. The zero-order chi connectivity index (χ0) is 24.9. The van der Waals surface area contributed by atoms with Crippen molar-refractivity contribution in [3.05, 3.63) is 103 Å². The number of amides is 1. The van der Waals surface area contributed by atoms with Crippen molar-refractivity contribution in [2.75, 3.05) is 18.9 Å². The van der Waals surface area contributed by atoms with E-state index in [1.54, 1.807) is 60.5 Å². The van der Waals surface area contributed by atoms with Crippen LogP contribution in [0.15, 0.2) is 60.7 Å². The van der Waals surface area contributed by atoms with E-state index in [0.717, 1.165) is 5.56 Å². The Morgan fingerprint density at radius 1 is 1.17 bits per heavy atom. The standard InChI is InChI=1S/C25H20Cl2FN3O4/c1-30-12-17(23(31(33)34)25(30)18-4-2-3-5-21(18)29-24(25)32)15-10-19(26)22(20(27)11-15)35-13-14-6-8-16(28)9-7-14/h2-11,17,23H,12-13H2,1H3,(H,29,32)/t17-,23-,25+/m1/s1. The highest BCUT2D eigenvalue weighted by molar-refractivity contribution is 6.37. The Kier molecular flexibility index (Phi) is 5.91. The van der Waals surface area contributed by atoms with Crippen LogP contribution < -0.4 is 10.1 Å². The van der Waals surface area contributed by atoms with Crippen LogP contribution in [0.2, 0.25) is 10.0 Å². The Hall–Kier alpha value is -3.20. The minimum Gasteiger partial charge on any atom is -0.486 e. The number of carbonyl (C=O) groups is 1. The molecule has 2 aliphatic heterocycles. The molecule has 3 atom stereocenters. The van der Waals surface area contributed by atoms with Gasteiger partial charge in [-0.2, -0.15) is 0 Å². The van der Waals surface area contributed by atoms with Gasteiger partial charge in [-0.1, -0.05) is 53.5 Å². The van der Waals surface area contributed by atoms with Crippen molar-refractivity contribution in [3.63, 3.8) is 0 Å². The van der Waals surface area contributed by atoms with Crippen molar-refractivity contribution in [2.24, 2.45) is 0 Å². The van der Waals surface area contributed by atoms with E-state index in [4.69, 9.17) is 27.9 Å². The lowest BCUT2D eigenvalue weighted by molar-refractivity contribution is -0.534. The van der Waals surface area contributed by atoms with E-state index in [2.05, 4.69) is 5.32 Å². The third-order valence-electron chi connectivity index (χ3n) is 6.79. The maximum absolute atomic E-state index is 13.2. The number of para-hydroxylation sites is 1. The highest BCUT2D eigenvalue weighted by Gasteiger charge is 2.68. The van der Waals surface area contributed by atoms with Crippen LogP contribution in [0.25, 0.3) is 0 Å². The number of hydrogen-bond donors (Lipinski definition) is 1. The molecule has 0 bridgehead atoms. The fourth-order valence-corrected chi connectivity index (χ4v) is 5.86. The molecule has 3 aromatic rings. The first-order valence-electron chi connectivity index (χ1n) is 10.9. The molecule has 1 N–H and O–H groups in total. The minimum absolute atomic E-state index is 0.114. The molecule has 3 aromatic carbocycles. The number of nitro groups is 1. The van der Waals surface area contributed by atoms with Gasteiger partial charge >= 0.3 is 0 Å². The van der Waals surface area contributed by atoms with Gasteiger partial charge in [-0.25, -0.2) is 4.39 Å². The quantitative estimate of drug-likeness (QED) is 0.371. The summed E-state index contributed by atoms with van der Waals surface area (Å²) in [5.74, 6) is -1.22. The summed E-state index contributed by atoms with van der Waals surface area (Å²) >= 11 is 13.0. The molecule has 35 heavy (non-hydrogen) atoms. The second-order valence-electron chi connectivity index (χ2n) is 8.71. The Balaban J connectivity index is 1.50. The molecule has 1 spiro atoms. The first-order chi connectivity index (χ1) is 16.7. The number of likely N-dealkylation sites (N-methyl/N-ethyl adjacent to an activating group) is 1. The molecule has 1 fully saturated rings. The first-order valence-corrected chi connectivity index (χ1v) is 11.6. The average molecular weight is 516 g/mol. The van der Waals surface area contributed by atoms with Gasteiger partial charge in [-0.15, -0.1) is 0 Å². The second kappa shape index (κ2) is 8.78. The molecule has 10 heteroatoms. The van der Waals surface area contributed by atoms with E-state index in [1.165, 1.54) is 12.1 Å². The number of fused-ring (bicyclic) bond motifs is 2. The summed E-state index contributed by atoms with van der Waals surface area (Å²) in [7, 11) is 1.71. The molecule has 1 amide bonds. The smallest absolute Gasteiger partial charge is 0.256 e. The molecule has 2 heterocycles. The van der Waals surface area contributed by atoms with Crippen molar-refractivity contribution in [3.8, 4) is 5.75 Å². The van der Waals surface area contributed by atoms with Crippen molar-refractivity contribution < 1.29 is 18.8 Å². The van der Waals surface area contributed by atoms with Gasteiger partial charge in [0.2, 0.25) is 0 Å². The number of halogens is 3. The molecule has 0 radical (unpaired) electrons. The van der Waals surface area contributed by atoms with Crippen LogP contribution in [0.5, 0.6) is 5.75 Å². The maximum atomic E-state index is 13.2. The van der Waals surface area contributed by atoms with E-state index < -0.39 is 28.3 Å². The van der Waals surface area contributed by atoms with Gasteiger partial charge in [0.25, 0.3) is 11.9 Å². The topological polar surface area (TPSA) is 84.7 Å². The monoisotopic (exact) mass is 515 g/mol. The number of anilines is 1. The number of ether oxygens (including phenoxy) is 1. The summed E-state index contributed by atoms with van der Waals surface area (Å²) in [5, 5.41) is 15.6. The molecule has 7 nitrogen and oxygen atoms in total. The number of rotatable bonds is 5. The summed E-state index contributed by atoms with van der Waals surface area (Å²) in [6, 6.07) is 14.8. The summed E-state index contributed by atoms with van der Waals surface area (Å²) < 4.78 is 18.9. The normalized spacial score (nSPS) is 23.4. The highest BCUT2D eigenvalue weighted by Crippen LogP contribution is 2.52. The minimum atomic E-state index is -1.46. The maximum Gasteiger partial charge on any atom is 0.256 e. The van der Waals surface area contributed by atoms with Gasteiger partial charge in [0.15, 0.2) is 11.3 Å². The SMILES string of the molecule is CN1C[C@H](c2cc(Cl)c(OCc3ccc(F)cc3)c(Cl)c2)[C@@H]([N+](=O)[O-])[C@@]12C(=O)Nc1ccccc12. The molecule has 5 rings (SSSR count). The molecule has 0 aliphatic carbocycles. The van der Waals surface area contributed by atoms with Gasteiger partial charge in [0.05, 0.1) is 16.0 Å². The number of nitrogens with zero attached hydrogens (tertiary/aromatic N) is 2. The van der Waals surface area contributed by atoms with Crippen LogP contribution >= 0.6 is 23.2 Å². The van der Waals surface area contributed by atoms with Gasteiger partial charge < -0.3 is 10.1 Å². The Labute approximate surface area is 210 Å². The molecule has 0 saturated carbocycles. The number of hydrogen-bond acceptors (Lipinski definition) is 5. The summed E-state index contributed by atoms with van der Waals surface area (Å²) in [6.45, 7) is 0.360. The van der Waals surface area contributed by atoms with Crippen LogP contribution in [0.1, 0.15) is 22.6 Å². The zero-order valence-corrected chi connectivity index (χ0v) is 20.0. The lowest BCUT2D eigenvalue weighted by atomic mass is 9.79. The van der Waals surface area contributed by atoms with Crippen LogP contribution in [0.3, 0.4) is 0 Å². The molecular weight excluding hydrogens is 496 g/mol. The van der Waals surface area contributed by atoms with Crippen molar-refractivity contribution >= 4 is 34.8 Å². The van der Waals surface area contributed by atoms with Gasteiger partial charge in [0.1, 0.15) is 12.4 Å². The molecular formula is C25H20Cl2FN3O4. The van der Waals surface area contributed by atoms with Crippen molar-refractivity contribution in [1.82, 2.24) is 4.90 Å². The Bertz CT molecular complexity index is 1310. The van der Waals surface area contributed by atoms with E-state index in [1.807, 2.05) is 0 Å². The highest BCUT2D eigenvalue weighted by atomic mass is 35.5. The van der Waals surface area contributed by atoms with E-state index in [0.29, 0.717) is 16.8 Å². The van der Waals surface area contributed by atoms with Crippen LogP contribution in [-0.2, 0) is 16.9 Å². The fraction of sp³-hybridized carbons (Fsp3) is 0.240. The lowest BCUT2D eigenvalue weighted by Crippen LogP contribution is -2.54.